The van der Waals surface area contributed by atoms with E-state index >= 15 is 0 Å². The van der Waals surface area contributed by atoms with Gasteiger partial charge in [0.25, 0.3) is 0 Å². The fourth-order valence-electron chi connectivity index (χ4n) is 9.73. The number of aromatic nitrogens is 2. The number of carboxylic acids is 8. The Hall–Kier alpha value is -5.93. The fraction of sp³-hybridized carbons (Fsp3) is 0.524. The Labute approximate surface area is 369 Å². The molecule has 8 N–H and O–H groups in total. The molecule has 5 heterocycles. The molecular formula is C42H48CoN4O16-4. The van der Waals surface area contributed by atoms with E-state index in [0.29, 0.717) is 0 Å². The van der Waals surface area contributed by atoms with E-state index in [-0.39, 0.29) is 98.9 Å². The molecule has 8 bridgehead atoms. The molecule has 0 amide bonds. The summed E-state index contributed by atoms with van der Waals surface area (Å²) in [5.41, 5.74) is -2.03. The number of fused-ring (bicyclic) bond motifs is 8. The summed E-state index contributed by atoms with van der Waals surface area (Å²) in [5, 5.41) is 89.8. The Morgan fingerprint density at radius 2 is 1.11 bits per heavy atom. The van der Waals surface area contributed by atoms with Crippen LogP contribution in [0.15, 0.2) is 5.70 Å². The number of hydrogen-bond donors (Lipinski definition) is 8. The van der Waals surface area contributed by atoms with Gasteiger partial charge in [0.2, 0.25) is 0 Å². The number of allylic oxidation sites excluding steroid dienone is 1. The van der Waals surface area contributed by atoms with Crippen LogP contribution in [-0.2, 0) is 80.8 Å². The van der Waals surface area contributed by atoms with Crippen molar-refractivity contribution in [1.29, 1.82) is 0 Å². The van der Waals surface area contributed by atoms with E-state index in [1.165, 1.54) is 18.2 Å². The Morgan fingerprint density at radius 3 is 1.67 bits per heavy atom. The zero-order chi connectivity index (χ0) is 45.8. The van der Waals surface area contributed by atoms with E-state index in [4.69, 9.17) is 20.6 Å². The quantitative estimate of drug-likeness (QED) is 0.0942. The predicted octanol–water partition coefficient (Wildman–Crippen LogP) is 2.05. The van der Waals surface area contributed by atoms with Gasteiger partial charge in [0, 0.05) is 48.9 Å². The summed E-state index contributed by atoms with van der Waals surface area (Å²) in [6.45, 7) is 3.24. The first kappa shape index (κ1) is 49.7. The molecule has 0 aromatic carbocycles. The van der Waals surface area contributed by atoms with Crippen LogP contribution in [0, 0.1) is 22.7 Å². The number of carbonyl (C=O) groups is 8. The first-order valence-corrected chi connectivity index (χ1v) is 20.0. The summed E-state index contributed by atoms with van der Waals surface area (Å²) in [7, 11) is 0. The molecule has 2 aromatic rings. The summed E-state index contributed by atoms with van der Waals surface area (Å²) in [6, 6.07) is -2.94. The van der Waals surface area contributed by atoms with Crippen LogP contribution in [0.5, 0.6) is 0 Å². The van der Waals surface area contributed by atoms with E-state index in [2.05, 4.69) is 0 Å². The van der Waals surface area contributed by atoms with Gasteiger partial charge < -0.3 is 61.5 Å². The molecule has 2 aromatic heterocycles. The van der Waals surface area contributed by atoms with Gasteiger partial charge in [-0.3, -0.25) is 38.4 Å². The van der Waals surface area contributed by atoms with Crippen molar-refractivity contribution in [3.8, 4) is 0 Å². The van der Waals surface area contributed by atoms with Gasteiger partial charge in [-0.25, -0.2) is 0 Å². The molecule has 3 aliphatic heterocycles. The summed E-state index contributed by atoms with van der Waals surface area (Å²) in [6.07, 6.45) is -0.759. The molecule has 20 nitrogen and oxygen atoms in total. The number of hydrogen-bond acceptors (Lipinski definition) is 8. The molecule has 63 heavy (non-hydrogen) atoms. The van der Waals surface area contributed by atoms with Crippen LogP contribution < -0.4 is 20.7 Å². The average molecular weight is 924 g/mol. The second-order valence-electron chi connectivity index (χ2n) is 16.7. The molecular weight excluding hydrogens is 875 g/mol. The molecule has 3 unspecified atom stereocenters. The molecule has 345 valence electrons. The van der Waals surface area contributed by atoms with Gasteiger partial charge in [-0.15, -0.1) is 46.3 Å². The second-order valence-corrected chi connectivity index (χ2v) is 16.7. The molecule has 0 aliphatic carbocycles. The minimum Gasteiger partial charge on any atom is -0.684 e. The van der Waals surface area contributed by atoms with Crippen molar-refractivity contribution in [2.75, 3.05) is 0 Å². The fourth-order valence-corrected chi connectivity index (χ4v) is 9.73. The van der Waals surface area contributed by atoms with Gasteiger partial charge >= 0.3 is 47.8 Å². The van der Waals surface area contributed by atoms with E-state index < -0.39 is 140 Å². The van der Waals surface area contributed by atoms with Gasteiger partial charge in [-0.1, -0.05) is 55.0 Å². The maximum Gasteiger partial charge on any atom is 0.307 e. The predicted molar refractivity (Wildman–Crippen MR) is 214 cm³/mol. The third-order valence-corrected chi connectivity index (χ3v) is 12.6. The van der Waals surface area contributed by atoms with Crippen LogP contribution in [-0.4, -0.2) is 107 Å². The molecule has 0 spiro atoms. The third kappa shape index (κ3) is 11.4. The van der Waals surface area contributed by atoms with Crippen LogP contribution in [0.3, 0.4) is 0 Å². The van der Waals surface area contributed by atoms with E-state index in [1.54, 1.807) is 13.8 Å². The third-order valence-electron chi connectivity index (χ3n) is 12.6. The topological polar surface area (TPSA) is 355 Å². The number of aliphatic carboxylic acids is 8. The first-order chi connectivity index (χ1) is 29.0. The number of rotatable bonds is 20. The maximum atomic E-state index is 12.6. The summed E-state index contributed by atoms with van der Waals surface area (Å²) < 4.78 is 0. The van der Waals surface area contributed by atoms with Crippen LogP contribution in [0.2, 0.25) is 0 Å². The molecule has 2 fully saturated rings. The summed E-state index contributed by atoms with van der Waals surface area (Å²) in [5.74, 6) is -11.7. The molecule has 5 rings (SSSR count). The van der Waals surface area contributed by atoms with Crippen LogP contribution in [0.1, 0.15) is 105 Å². The minimum absolute atomic E-state index is 0. The molecule has 1 radical (unpaired) electrons. The number of nitrogens with zero attached hydrogens (tertiary/aromatic N) is 4. The zero-order valence-corrected chi connectivity index (χ0v) is 35.3. The van der Waals surface area contributed by atoms with Crippen molar-refractivity contribution in [3.63, 3.8) is 0 Å². The second kappa shape index (κ2) is 20.1. The SMILES string of the molecule is C[C@@]1(CC(=O)O)C2CC3[N-]C(/C=c4\[n-]/c(c(CCC(=O)O)c4CC(=O)O)=C\c4[n-]c(c(CC(=O)O)c4CCC(=O)O)/C=C(/[N-]2)[C@H]1CCC(=O)O)[C@@](C)(CC(=O)O)[C@@H]3CCC(=O)O.[Co]. The molecule has 3 aliphatic rings. The van der Waals surface area contributed by atoms with E-state index in [0.717, 1.165) is 0 Å². The monoisotopic (exact) mass is 923 g/mol. The first-order valence-electron chi connectivity index (χ1n) is 20.0. The Kier molecular flexibility index (Phi) is 15.8. The minimum atomic E-state index is -1.36. The standard InChI is InChI=1S/C42H48N4O16.Co/c1-41(17-39(59)60)23(5-9-35(51)52)29-14-27-21(11-37(55)56)19(3-7-33(47)48)25(43-27)13-26-20(4-8-34(49)50)22(12-38(57)58)28(44-26)15-31-42(2,18-40(61)62)24(6-10-36(53)54)30(46-31)16-32(41)45-29;/h13-15,23-24,30-32H,3-12,16-18H2,1-2H3,(H,47,48)(H,49,50)(H,51,52)(H,53,54)(H,55,56)(H,57,58)(H,59,60)(H,61,62);/q-4;/b26-13-,28-15-,29-14+;/t23-,24-,30?,31?,32?,41+,42+;/m1./s1. The Morgan fingerprint density at radius 1 is 0.587 bits per heavy atom. The molecule has 7 atom stereocenters. The van der Waals surface area contributed by atoms with Gasteiger partial charge in [-0.05, 0) is 48.0 Å². The normalized spacial score (nSPS) is 26.6. The smallest absolute Gasteiger partial charge is 0.307 e. The van der Waals surface area contributed by atoms with Crippen molar-refractivity contribution >= 4 is 66.0 Å². The van der Waals surface area contributed by atoms with Crippen LogP contribution >= 0.6 is 0 Å². The van der Waals surface area contributed by atoms with E-state index in [1.807, 2.05) is 0 Å². The van der Waals surface area contributed by atoms with Crippen molar-refractivity contribution in [1.82, 2.24) is 9.97 Å². The van der Waals surface area contributed by atoms with Gasteiger partial charge in [0.15, 0.2) is 0 Å². The summed E-state index contributed by atoms with van der Waals surface area (Å²) in [4.78, 5) is 107. The number of carboxylic acid groups (broad SMARTS) is 8. The largest absolute Gasteiger partial charge is 0.684 e. The van der Waals surface area contributed by atoms with Crippen molar-refractivity contribution in [2.24, 2.45) is 22.7 Å². The van der Waals surface area contributed by atoms with Crippen LogP contribution in [0.25, 0.3) is 28.9 Å². The van der Waals surface area contributed by atoms with Crippen molar-refractivity contribution in [3.05, 3.63) is 60.7 Å². The van der Waals surface area contributed by atoms with E-state index in [9.17, 15) is 79.2 Å². The maximum absolute atomic E-state index is 12.6. The van der Waals surface area contributed by atoms with Crippen molar-refractivity contribution < 1.29 is 96.0 Å². The van der Waals surface area contributed by atoms with Gasteiger partial charge in [0.05, 0.1) is 19.3 Å². The van der Waals surface area contributed by atoms with Gasteiger partial charge in [0.1, 0.15) is 0 Å². The van der Waals surface area contributed by atoms with Gasteiger partial charge in [-0.2, -0.15) is 5.70 Å². The Bertz CT molecular complexity index is 2330. The average Bonchev–Trinajstić information content (AvgIpc) is 3.77. The molecule has 21 heteroatoms. The van der Waals surface area contributed by atoms with Crippen LogP contribution in [0.4, 0.5) is 0 Å². The van der Waals surface area contributed by atoms with Crippen molar-refractivity contribution in [2.45, 2.75) is 115 Å². The molecule has 0 saturated carbocycles. The summed E-state index contributed by atoms with van der Waals surface area (Å²) >= 11 is 0. The zero-order valence-electron chi connectivity index (χ0n) is 34.3. The Balaban J connectivity index is 0.00000871. The molecule has 2 saturated heterocycles.